The molecule has 1 aromatic rings. The molecule has 0 fully saturated rings. The van der Waals surface area contributed by atoms with Crippen LogP contribution < -0.4 is 0 Å². The van der Waals surface area contributed by atoms with Crippen molar-refractivity contribution in [1.29, 1.82) is 0 Å². The van der Waals surface area contributed by atoms with Crippen molar-refractivity contribution in [3.05, 3.63) is 42.0 Å². The highest BCUT2D eigenvalue weighted by atomic mass is 16.3. The van der Waals surface area contributed by atoms with Gasteiger partial charge in [0.15, 0.2) is 0 Å². The molecular weight excluding hydrogens is 188 g/mol. The van der Waals surface area contributed by atoms with Gasteiger partial charge in [-0.1, -0.05) is 43.3 Å². The summed E-state index contributed by atoms with van der Waals surface area (Å²) in [4.78, 5) is 9.89. The molecule has 0 radical (unpaired) electrons. The summed E-state index contributed by atoms with van der Waals surface area (Å²) < 4.78 is 0. The number of rotatable bonds is 3. The van der Waals surface area contributed by atoms with Crippen molar-refractivity contribution in [2.45, 2.75) is 26.4 Å². The number of carbonyl (C=O) groups is 1. The fourth-order valence-electron chi connectivity index (χ4n) is 0.715. The number of aliphatic hydroxyl groups is 1. The molecule has 0 aliphatic rings. The Balaban J connectivity index is 0.000000336. The first-order valence-electron chi connectivity index (χ1n) is 5.05. The van der Waals surface area contributed by atoms with Gasteiger partial charge in [-0.25, -0.2) is 0 Å². The van der Waals surface area contributed by atoms with Crippen LogP contribution >= 0.6 is 0 Å². The van der Waals surface area contributed by atoms with Crippen molar-refractivity contribution in [3.8, 4) is 0 Å². The van der Waals surface area contributed by atoms with E-state index in [0.29, 0.717) is 0 Å². The fraction of sp³-hybridized carbons (Fsp3) is 0.308. The highest BCUT2D eigenvalue weighted by Crippen LogP contribution is 1.99. The average Bonchev–Trinajstić information content (AvgIpc) is 2.28. The van der Waals surface area contributed by atoms with E-state index in [1.165, 1.54) is 6.08 Å². The van der Waals surface area contributed by atoms with E-state index in [9.17, 15) is 4.79 Å². The highest BCUT2D eigenvalue weighted by molar-refractivity contribution is 5.73. The number of aldehydes is 1. The number of carbonyl (C=O) groups excluding carboxylic acids is 1. The van der Waals surface area contributed by atoms with Crippen molar-refractivity contribution in [2.75, 3.05) is 0 Å². The van der Waals surface area contributed by atoms with Gasteiger partial charge in [-0.2, -0.15) is 0 Å². The third kappa shape index (κ3) is 8.91. The van der Waals surface area contributed by atoms with Crippen LogP contribution in [-0.4, -0.2) is 17.5 Å². The first-order chi connectivity index (χ1) is 7.20. The second-order valence-electron chi connectivity index (χ2n) is 3.16. The van der Waals surface area contributed by atoms with Crippen molar-refractivity contribution in [1.82, 2.24) is 0 Å². The van der Waals surface area contributed by atoms with Gasteiger partial charge in [0.2, 0.25) is 0 Å². The number of hydrogen-bond acceptors (Lipinski definition) is 2. The zero-order chi connectivity index (χ0) is 11.5. The van der Waals surface area contributed by atoms with Gasteiger partial charge in [-0.15, -0.1) is 0 Å². The number of hydrogen-bond donors (Lipinski definition) is 1. The monoisotopic (exact) mass is 206 g/mol. The Hall–Kier alpha value is -1.41. The highest BCUT2D eigenvalue weighted by Gasteiger charge is 1.81. The summed E-state index contributed by atoms with van der Waals surface area (Å²) in [6.45, 7) is 3.73. The van der Waals surface area contributed by atoms with Crippen LogP contribution in [0.5, 0.6) is 0 Å². The standard InChI is InChI=1S/C9H8O.C4H10O/c10-8-4-7-9-5-2-1-3-6-9;1-3-4(2)5/h1-8H;4-5H,3H2,1-2H3. The summed E-state index contributed by atoms with van der Waals surface area (Å²) in [6.07, 6.45) is 4.77. The zero-order valence-electron chi connectivity index (χ0n) is 9.26. The second kappa shape index (κ2) is 9.16. The molecule has 15 heavy (non-hydrogen) atoms. The predicted octanol–water partition coefficient (Wildman–Crippen LogP) is 2.68. The maximum Gasteiger partial charge on any atom is 0.142 e. The van der Waals surface area contributed by atoms with E-state index in [4.69, 9.17) is 5.11 Å². The molecule has 0 aromatic heterocycles. The summed E-state index contributed by atoms with van der Waals surface area (Å²) in [7, 11) is 0. The summed E-state index contributed by atoms with van der Waals surface area (Å²) in [5, 5.41) is 8.36. The molecule has 0 aliphatic heterocycles. The van der Waals surface area contributed by atoms with Crippen LogP contribution in [0.2, 0.25) is 0 Å². The van der Waals surface area contributed by atoms with Gasteiger partial charge in [0.1, 0.15) is 6.29 Å². The van der Waals surface area contributed by atoms with E-state index in [1.54, 1.807) is 13.0 Å². The minimum atomic E-state index is -0.116. The number of benzene rings is 1. The van der Waals surface area contributed by atoms with Gasteiger partial charge in [0.05, 0.1) is 6.10 Å². The molecule has 0 spiro atoms. The van der Waals surface area contributed by atoms with Crippen LogP contribution in [0.25, 0.3) is 6.08 Å². The molecule has 2 heteroatoms. The van der Waals surface area contributed by atoms with Crippen LogP contribution in [0.4, 0.5) is 0 Å². The van der Waals surface area contributed by atoms with Crippen molar-refractivity contribution in [3.63, 3.8) is 0 Å². The molecule has 1 rings (SSSR count). The number of aliphatic hydroxyl groups excluding tert-OH is 1. The Morgan fingerprint density at radius 1 is 1.33 bits per heavy atom. The van der Waals surface area contributed by atoms with Crippen molar-refractivity contribution >= 4 is 12.4 Å². The van der Waals surface area contributed by atoms with Gasteiger partial charge in [0, 0.05) is 0 Å². The molecule has 1 unspecified atom stereocenters. The quantitative estimate of drug-likeness (QED) is 0.610. The van der Waals surface area contributed by atoms with Gasteiger partial charge in [0.25, 0.3) is 0 Å². The Bertz CT molecular complexity index is 276. The maximum absolute atomic E-state index is 9.89. The first-order valence-corrected chi connectivity index (χ1v) is 5.05. The molecule has 0 saturated heterocycles. The van der Waals surface area contributed by atoms with Gasteiger partial charge < -0.3 is 5.11 Å². The largest absolute Gasteiger partial charge is 0.393 e. The van der Waals surface area contributed by atoms with Gasteiger partial charge >= 0.3 is 0 Å². The molecule has 0 bridgehead atoms. The summed E-state index contributed by atoms with van der Waals surface area (Å²) >= 11 is 0. The van der Waals surface area contributed by atoms with Crippen LogP contribution in [-0.2, 0) is 4.79 Å². The molecule has 1 N–H and O–H groups in total. The minimum Gasteiger partial charge on any atom is -0.393 e. The Kier molecular flexibility index (Phi) is 8.30. The lowest BCUT2D eigenvalue weighted by Gasteiger charge is -1.90. The van der Waals surface area contributed by atoms with E-state index >= 15 is 0 Å². The Labute approximate surface area is 91.3 Å². The lowest BCUT2D eigenvalue weighted by Crippen LogP contribution is -1.93. The van der Waals surface area contributed by atoms with E-state index in [1.807, 2.05) is 37.3 Å². The average molecular weight is 206 g/mol. The molecule has 0 saturated carbocycles. The zero-order valence-corrected chi connectivity index (χ0v) is 9.26. The smallest absolute Gasteiger partial charge is 0.142 e. The van der Waals surface area contributed by atoms with Crippen molar-refractivity contribution < 1.29 is 9.90 Å². The topological polar surface area (TPSA) is 37.3 Å². The second-order valence-corrected chi connectivity index (χ2v) is 3.16. The Morgan fingerprint density at radius 2 is 1.87 bits per heavy atom. The summed E-state index contributed by atoms with van der Waals surface area (Å²) in [5.74, 6) is 0. The maximum atomic E-state index is 9.89. The summed E-state index contributed by atoms with van der Waals surface area (Å²) in [5.41, 5.74) is 1.05. The van der Waals surface area contributed by atoms with E-state index in [0.717, 1.165) is 18.3 Å². The normalized spacial score (nSPS) is 11.7. The lowest BCUT2D eigenvalue weighted by molar-refractivity contribution is -0.104. The molecule has 1 atom stereocenters. The molecule has 1 aromatic carbocycles. The van der Waals surface area contributed by atoms with Crippen LogP contribution in [0.1, 0.15) is 25.8 Å². The third-order valence-electron chi connectivity index (χ3n) is 1.76. The number of allylic oxidation sites excluding steroid dienone is 1. The molecule has 82 valence electrons. The van der Waals surface area contributed by atoms with Crippen LogP contribution in [0.15, 0.2) is 36.4 Å². The van der Waals surface area contributed by atoms with Crippen LogP contribution in [0.3, 0.4) is 0 Å². The Morgan fingerprint density at radius 3 is 2.27 bits per heavy atom. The molecule has 0 heterocycles. The fourth-order valence-corrected chi connectivity index (χ4v) is 0.715. The molecular formula is C13H18O2. The SMILES string of the molecule is CCC(C)O.O=CC=Cc1ccccc1. The first kappa shape index (κ1) is 13.6. The molecule has 0 amide bonds. The van der Waals surface area contributed by atoms with E-state index in [-0.39, 0.29) is 6.10 Å². The lowest BCUT2D eigenvalue weighted by atomic mass is 10.2. The van der Waals surface area contributed by atoms with Crippen LogP contribution in [0, 0.1) is 0 Å². The van der Waals surface area contributed by atoms with E-state index < -0.39 is 0 Å². The van der Waals surface area contributed by atoms with Crippen molar-refractivity contribution in [2.24, 2.45) is 0 Å². The predicted molar refractivity (Wildman–Crippen MR) is 63.5 cm³/mol. The van der Waals surface area contributed by atoms with Gasteiger partial charge in [-0.05, 0) is 25.0 Å². The van der Waals surface area contributed by atoms with Gasteiger partial charge in [-0.3, -0.25) is 4.79 Å². The van der Waals surface area contributed by atoms with E-state index in [2.05, 4.69) is 0 Å². The molecule has 2 nitrogen and oxygen atoms in total. The summed E-state index contributed by atoms with van der Waals surface area (Å²) in [6, 6.07) is 9.70. The third-order valence-corrected chi connectivity index (χ3v) is 1.76. The molecule has 0 aliphatic carbocycles. The minimum absolute atomic E-state index is 0.116.